The SMILES string of the molecule is CC[C@@H](C)[C@@H](NC(=O)COC(=O)c1ccccc1O)C(=O)OC. The van der Waals surface area contributed by atoms with Crippen molar-refractivity contribution in [3.05, 3.63) is 29.8 Å². The van der Waals surface area contributed by atoms with Crippen molar-refractivity contribution in [1.82, 2.24) is 5.32 Å². The normalized spacial score (nSPS) is 12.8. The van der Waals surface area contributed by atoms with E-state index >= 15 is 0 Å². The zero-order valence-corrected chi connectivity index (χ0v) is 13.4. The number of carbonyl (C=O) groups is 3. The largest absolute Gasteiger partial charge is 0.507 e. The number of carbonyl (C=O) groups excluding carboxylic acids is 3. The summed E-state index contributed by atoms with van der Waals surface area (Å²) in [5, 5.41) is 12.0. The summed E-state index contributed by atoms with van der Waals surface area (Å²) < 4.78 is 9.49. The Hall–Kier alpha value is -2.57. The average Bonchev–Trinajstić information content (AvgIpc) is 2.56. The third-order valence-corrected chi connectivity index (χ3v) is 3.44. The highest BCUT2D eigenvalue weighted by atomic mass is 16.5. The van der Waals surface area contributed by atoms with E-state index in [9.17, 15) is 19.5 Å². The van der Waals surface area contributed by atoms with Crippen molar-refractivity contribution >= 4 is 17.8 Å². The molecule has 1 aromatic rings. The molecule has 7 nitrogen and oxygen atoms in total. The van der Waals surface area contributed by atoms with Crippen LogP contribution in [0.2, 0.25) is 0 Å². The lowest BCUT2D eigenvalue weighted by Crippen LogP contribution is -2.47. The van der Waals surface area contributed by atoms with Crippen LogP contribution in [0.15, 0.2) is 24.3 Å². The Morgan fingerprint density at radius 3 is 2.48 bits per heavy atom. The molecule has 0 saturated heterocycles. The molecular formula is C16H21NO6. The van der Waals surface area contributed by atoms with E-state index in [4.69, 9.17) is 4.74 Å². The minimum atomic E-state index is -0.823. The van der Waals surface area contributed by atoms with Crippen molar-refractivity contribution in [3.8, 4) is 5.75 Å². The molecule has 0 unspecified atom stereocenters. The van der Waals surface area contributed by atoms with Crippen LogP contribution in [0.5, 0.6) is 5.75 Å². The number of nitrogens with one attached hydrogen (secondary N) is 1. The number of esters is 2. The Bertz CT molecular complexity index is 571. The molecule has 0 saturated carbocycles. The molecule has 0 aromatic heterocycles. The van der Waals surface area contributed by atoms with Crippen LogP contribution in [0.25, 0.3) is 0 Å². The summed E-state index contributed by atoms with van der Waals surface area (Å²) in [6, 6.07) is 5.04. The molecule has 0 spiro atoms. The fourth-order valence-corrected chi connectivity index (χ4v) is 1.87. The highest BCUT2D eigenvalue weighted by Crippen LogP contribution is 2.16. The Morgan fingerprint density at radius 2 is 1.91 bits per heavy atom. The predicted octanol–water partition coefficient (Wildman–Crippen LogP) is 1.25. The fraction of sp³-hybridized carbons (Fsp3) is 0.438. The Labute approximate surface area is 134 Å². The second-order valence-electron chi connectivity index (χ2n) is 5.05. The molecule has 0 aliphatic carbocycles. The van der Waals surface area contributed by atoms with Crippen molar-refractivity contribution in [2.24, 2.45) is 5.92 Å². The fourth-order valence-electron chi connectivity index (χ4n) is 1.87. The van der Waals surface area contributed by atoms with Crippen molar-refractivity contribution in [2.45, 2.75) is 26.3 Å². The monoisotopic (exact) mass is 323 g/mol. The number of aromatic hydroxyl groups is 1. The molecule has 0 heterocycles. The topological polar surface area (TPSA) is 102 Å². The lowest BCUT2D eigenvalue weighted by molar-refractivity contribution is -0.147. The number of benzene rings is 1. The summed E-state index contributed by atoms with van der Waals surface area (Å²) in [6.45, 7) is 3.12. The standard InChI is InChI=1S/C16H21NO6/c1-4-10(2)14(16(21)22-3)17-13(19)9-23-15(20)11-7-5-6-8-12(11)18/h5-8,10,14,18H,4,9H2,1-3H3,(H,17,19)/t10-,14-/m1/s1. The van der Waals surface area contributed by atoms with Crippen LogP contribution in [0.1, 0.15) is 30.6 Å². The van der Waals surface area contributed by atoms with Gasteiger partial charge in [-0.25, -0.2) is 9.59 Å². The second-order valence-corrected chi connectivity index (χ2v) is 5.05. The summed E-state index contributed by atoms with van der Waals surface area (Å²) in [4.78, 5) is 35.3. The molecule has 0 fully saturated rings. The lowest BCUT2D eigenvalue weighted by atomic mass is 9.99. The third kappa shape index (κ3) is 5.28. The van der Waals surface area contributed by atoms with E-state index in [-0.39, 0.29) is 17.2 Å². The quantitative estimate of drug-likeness (QED) is 0.732. The summed E-state index contributed by atoms with van der Waals surface area (Å²) in [6.07, 6.45) is 0.664. The summed E-state index contributed by atoms with van der Waals surface area (Å²) in [5.74, 6) is -2.36. The van der Waals surface area contributed by atoms with E-state index in [0.717, 1.165) is 0 Å². The van der Waals surface area contributed by atoms with Gasteiger partial charge in [-0.3, -0.25) is 4.79 Å². The number of para-hydroxylation sites is 1. The Morgan fingerprint density at radius 1 is 1.26 bits per heavy atom. The minimum Gasteiger partial charge on any atom is -0.507 e. The average molecular weight is 323 g/mol. The molecule has 1 amide bonds. The van der Waals surface area contributed by atoms with Gasteiger partial charge in [0.05, 0.1) is 7.11 Å². The highest BCUT2D eigenvalue weighted by molar-refractivity contribution is 5.94. The van der Waals surface area contributed by atoms with Crippen LogP contribution in [0, 0.1) is 5.92 Å². The number of ether oxygens (including phenoxy) is 2. The van der Waals surface area contributed by atoms with Crippen molar-refractivity contribution < 1.29 is 29.0 Å². The number of phenols is 1. The minimum absolute atomic E-state index is 0.0354. The van der Waals surface area contributed by atoms with Gasteiger partial charge in [0.2, 0.25) is 0 Å². The van der Waals surface area contributed by atoms with Crippen molar-refractivity contribution in [1.29, 1.82) is 0 Å². The first kappa shape index (κ1) is 18.5. The zero-order chi connectivity index (χ0) is 17.4. The van der Waals surface area contributed by atoms with Gasteiger partial charge in [0, 0.05) is 0 Å². The molecule has 0 bridgehead atoms. The maximum absolute atomic E-state index is 11.9. The first-order valence-electron chi connectivity index (χ1n) is 7.23. The lowest BCUT2D eigenvalue weighted by Gasteiger charge is -2.21. The Kier molecular flexibility index (Phi) is 7.05. The number of amides is 1. The third-order valence-electron chi connectivity index (χ3n) is 3.44. The van der Waals surface area contributed by atoms with Gasteiger partial charge in [-0.05, 0) is 18.1 Å². The maximum Gasteiger partial charge on any atom is 0.342 e. The van der Waals surface area contributed by atoms with Crippen LogP contribution in [0.3, 0.4) is 0 Å². The smallest absolute Gasteiger partial charge is 0.342 e. The van der Waals surface area contributed by atoms with Crippen LogP contribution in [0.4, 0.5) is 0 Å². The second kappa shape index (κ2) is 8.77. The molecule has 126 valence electrons. The molecule has 2 N–H and O–H groups in total. The van der Waals surface area contributed by atoms with Gasteiger partial charge < -0.3 is 19.9 Å². The molecule has 23 heavy (non-hydrogen) atoms. The summed E-state index contributed by atoms with van der Waals surface area (Å²) >= 11 is 0. The summed E-state index contributed by atoms with van der Waals surface area (Å²) in [5.41, 5.74) is -0.0354. The van der Waals surface area contributed by atoms with Crippen LogP contribution in [-0.4, -0.2) is 42.7 Å². The highest BCUT2D eigenvalue weighted by Gasteiger charge is 2.27. The van der Waals surface area contributed by atoms with E-state index in [1.807, 2.05) is 6.92 Å². The van der Waals surface area contributed by atoms with Crippen LogP contribution < -0.4 is 5.32 Å². The maximum atomic E-state index is 11.9. The van der Waals surface area contributed by atoms with E-state index < -0.39 is 30.5 Å². The van der Waals surface area contributed by atoms with Crippen LogP contribution >= 0.6 is 0 Å². The van der Waals surface area contributed by atoms with Gasteiger partial charge in [-0.2, -0.15) is 0 Å². The van der Waals surface area contributed by atoms with E-state index in [2.05, 4.69) is 10.1 Å². The molecule has 0 radical (unpaired) electrons. The van der Waals surface area contributed by atoms with Crippen molar-refractivity contribution in [3.63, 3.8) is 0 Å². The molecule has 1 aromatic carbocycles. The molecule has 7 heteroatoms. The summed E-state index contributed by atoms with van der Waals surface area (Å²) in [7, 11) is 1.24. The van der Waals surface area contributed by atoms with Gasteiger partial charge >= 0.3 is 11.9 Å². The van der Waals surface area contributed by atoms with E-state index in [1.165, 1.54) is 19.2 Å². The van der Waals surface area contributed by atoms with Crippen molar-refractivity contribution in [2.75, 3.05) is 13.7 Å². The Balaban J connectivity index is 2.60. The molecule has 1 rings (SSSR count). The first-order chi connectivity index (χ1) is 10.9. The molecule has 0 aliphatic heterocycles. The van der Waals surface area contributed by atoms with Crippen LogP contribution in [-0.2, 0) is 19.1 Å². The number of rotatable bonds is 7. The molecular weight excluding hydrogens is 302 g/mol. The number of hydrogen-bond acceptors (Lipinski definition) is 6. The van der Waals surface area contributed by atoms with Gasteiger partial charge in [0.15, 0.2) is 6.61 Å². The molecule has 2 atom stereocenters. The number of methoxy groups -OCH3 is 1. The molecule has 0 aliphatic rings. The van der Waals surface area contributed by atoms with E-state index in [1.54, 1.807) is 19.1 Å². The predicted molar refractivity (Wildman–Crippen MR) is 81.8 cm³/mol. The van der Waals surface area contributed by atoms with E-state index in [0.29, 0.717) is 6.42 Å². The van der Waals surface area contributed by atoms with Gasteiger partial charge in [0.25, 0.3) is 5.91 Å². The number of phenolic OH excluding ortho intramolecular Hbond substituents is 1. The van der Waals surface area contributed by atoms with Gasteiger partial charge in [-0.15, -0.1) is 0 Å². The van der Waals surface area contributed by atoms with Gasteiger partial charge in [-0.1, -0.05) is 32.4 Å². The zero-order valence-electron chi connectivity index (χ0n) is 13.4. The van der Waals surface area contributed by atoms with Gasteiger partial charge in [0.1, 0.15) is 17.4 Å². The first-order valence-corrected chi connectivity index (χ1v) is 7.23. The number of hydrogen-bond donors (Lipinski definition) is 2.